The van der Waals surface area contributed by atoms with Crippen molar-refractivity contribution in [1.82, 2.24) is 0 Å². The van der Waals surface area contributed by atoms with Crippen molar-refractivity contribution >= 4 is 32.9 Å². The van der Waals surface area contributed by atoms with Crippen LogP contribution >= 0.6 is 15.9 Å². The number of para-hydroxylation sites is 1. The highest BCUT2D eigenvalue weighted by Crippen LogP contribution is 2.40. The standard InChI is InChI=1S/C24H14BrF3O5/c1-31-18-8-3-2-7-16(18)20-21(29)17-10-9-15(12-19(17)33-22(20)24(26,27)28)32-23(30)13-5-4-6-14(25)11-13/h2-12H,1H3. The van der Waals surface area contributed by atoms with E-state index >= 15 is 0 Å². The molecule has 1 heterocycles. The molecule has 0 aliphatic rings. The summed E-state index contributed by atoms with van der Waals surface area (Å²) < 4.78 is 57.9. The molecule has 0 bridgehead atoms. The van der Waals surface area contributed by atoms with E-state index in [0.717, 1.165) is 6.07 Å². The lowest BCUT2D eigenvalue weighted by molar-refractivity contribution is -0.152. The zero-order valence-electron chi connectivity index (χ0n) is 16.9. The molecule has 0 amide bonds. The van der Waals surface area contributed by atoms with Gasteiger partial charge in [-0.3, -0.25) is 4.79 Å². The highest BCUT2D eigenvalue weighted by molar-refractivity contribution is 9.10. The SMILES string of the molecule is COc1ccccc1-c1c(C(F)(F)F)oc2cc(OC(=O)c3cccc(Br)c3)ccc2c1=O. The Labute approximate surface area is 193 Å². The zero-order valence-corrected chi connectivity index (χ0v) is 18.5. The van der Waals surface area contributed by atoms with Gasteiger partial charge in [0.25, 0.3) is 0 Å². The van der Waals surface area contributed by atoms with Crippen LogP contribution < -0.4 is 14.9 Å². The normalized spacial score (nSPS) is 11.4. The largest absolute Gasteiger partial charge is 0.496 e. The fourth-order valence-electron chi connectivity index (χ4n) is 3.31. The molecule has 0 spiro atoms. The van der Waals surface area contributed by atoms with Gasteiger partial charge >= 0.3 is 12.1 Å². The first-order valence-corrected chi connectivity index (χ1v) is 10.3. The molecule has 0 saturated carbocycles. The minimum Gasteiger partial charge on any atom is -0.496 e. The zero-order chi connectivity index (χ0) is 23.8. The molecule has 3 aromatic carbocycles. The topological polar surface area (TPSA) is 65.7 Å². The lowest BCUT2D eigenvalue weighted by Gasteiger charge is -2.15. The molecule has 0 radical (unpaired) electrons. The van der Waals surface area contributed by atoms with Crippen molar-refractivity contribution in [2.75, 3.05) is 7.11 Å². The average molecular weight is 519 g/mol. The van der Waals surface area contributed by atoms with Gasteiger partial charge in [-0.05, 0) is 36.4 Å². The molecule has 4 rings (SSSR count). The van der Waals surface area contributed by atoms with Crippen LogP contribution in [0.25, 0.3) is 22.1 Å². The summed E-state index contributed by atoms with van der Waals surface area (Å²) in [6, 6.07) is 15.9. The fourth-order valence-corrected chi connectivity index (χ4v) is 3.71. The first-order valence-electron chi connectivity index (χ1n) is 9.48. The quantitative estimate of drug-likeness (QED) is 0.229. The highest BCUT2D eigenvalue weighted by atomic mass is 79.9. The van der Waals surface area contributed by atoms with Crippen LogP contribution in [-0.4, -0.2) is 13.1 Å². The summed E-state index contributed by atoms with van der Waals surface area (Å²) in [7, 11) is 1.29. The van der Waals surface area contributed by atoms with E-state index in [1.807, 2.05) is 0 Å². The van der Waals surface area contributed by atoms with Crippen LogP contribution in [-0.2, 0) is 6.18 Å². The number of halogens is 4. The van der Waals surface area contributed by atoms with E-state index in [9.17, 15) is 22.8 Å². The first-order chi connectivity index (χ1) is 15.7. The molecule has 0 fully saturated rings. The number of benzene rings is 3. The summed E-state index contributed by atoms with van der Waals surface area (Å²) in [5.41, 5.74) is -1.74. The van der Waals surface area contributed by atoms with Gasteiger partial charge in [0, 0.05) is 16.1 Å². The summed E-state index contributed by atoms with van der Waals surface area (Å²) in [5.74, 6) is -2.18. The van der Waals surface area contributed by atoms with Gasteiger partial charge < -0.3 is 13.9 Å². The van der Waals surface area contributed by atoms with Crippen LogP contribution in [0.4, 0.5) is 13.2 Å². The number of esters is 1. The third kappa shape index (κ3) is 4.49. The van der Waals surface area contributed by atoms with E-state index in [1.54, 1.807) is 18.2 Å². The highest BCUT2D eigenvalue weighted by Gasteiger charge is 2.40. The number of methoxy groups -OCH3 is 1. The number of carbonyl (C=O) groups is 1. The van der Waals surface area contributed by atoms with Gasteiger partial charge in [0.05, 0.1) is 23.6 Å². The second-order valence-corrected chi connectivity index (χ2v) is 7.81. The number of alkyl halides is 3. The summed E-state index contributed by atoms with van der Waals surface area (Å²) in [4.78, 5) is 25.5. The fraction of sp³-hybridized carbons (Fsp3) is 0.0833. The summed E-state index contributed by atoms with van der Waals surface area (Å²) in [6.45, 7) is 0. The van der Waals surface area contributed by atoms with Gasteiger partial charge in [-0.2, -0.15) is 13.2 Å². The first kappa shape index (κ1) is 22.6. The maximum Gasteiger partial charge on any atom is 0.450 e. The Morgan fingerprint density at radius 3 is 2.45 bits per heavy atom. The van der Waals surface area contributed by atoms with Crippen molar-refractivity contribution in [3.63, 3.8) is 0 Å². The van der Waals surface area contributed by atoms with Crippen molar-refractivity contribution in [2.24, 2.45) is 0 Å². The molecule has 168 valence electrons. The smallest absolute Gasteiger partial charge is 0.450 e. The van der Waals surface area contributed by atoms with Crippen LogP contribution in [0.3, 0.4) is 0 Å². The molecule has 4 aromatic rings. The Bertz CT molecular complexity index is 1430. The Morgan fingerprint density at radius 1 is 1.00 bits per heavy atom. The second kappa shape index (κ2) is 8.74. The Kier molecular flexibility index (Phi) is 5.99. The maximum absolute atomic E-state index is 13.9. The van der Waals surface area contributed by atoms with Crippen LogP contribution in [0.2, 0.25) is 0 Å². The lowest BCUT2D eigenvalue weighted by Crippen LogP contribution is -2.16. The number of hydrogen-bond donors (Lipinski definition) is 0. The number of carbonyl (C=O) groups excluding carboxylic acids is 1. The van der Waals surface area contributed by atoms with E-state index in [0.29, 0.717) is 4.47 Å². The molecule has 0 aliphatic carbocycles. The molecule has 0 aliphatic heterocycles. The predicted molar refractivity (Wildman–Crippen MR) is 119 cm³/mol. The van der Waals surface area contributed by atoms with E-state index in [4.69, 9.17) is 13.9 Å². The maximum atomic E-state index is 13.9. The minimum absolute atomic E-state index is 0.0480. The number of hydrogen-bond acceptors (Lipinski definition) is 5. The third-order valence-electron chi connectivity index (χ3n) is 4.77. The van der Waals surface area contributed by atoms with Crippen LogP contribution in [0.15, 0.2) is 80.4 Å². The summed E-state index contributed by atoms with van der Waals surface area (Å²) in [6.07, 6.45) is -4.97. The van der Waals surface area contributed by atoms with Crippen molar-refractivity contribution < 1.29 is 31.9 Å². The van der Waals surface area contributed by atoms with Gasteiger partial charge in [0.15, 0.2) is 0 Å². The van der Waals surface area contributed by atoms with Gasteiger partial charge in [-0.15, -0.1) is 0 Å². The average Bonchev–Trinajstić information content (AvgIpc) is 2.78. The van der Waals surface area contributed by atoms with E-state index in [-0.39, 0.29) is 33.6 Å². The van der Waals surface area contributed by atoms with Crippen molar-refractivity contribution in [3.8, 4) is 22.6 Å². The van der Waals surface area contributed by atoms with Crippen LogP contribution in [0.1, 0.15) is 16.1 Å². The molecular formula is C24H14BrF3O5. The molecule has 1 aromatic heterocycles. The van der Waals surface area contributed by atoms with Crippen molar-refractivity contribution in [2.45, 2.75) is 6.18 Å². The molecule has 5 nitrogen and oxygen atoms in total. The monoisotopic (exact) mass is 518 g/mol. The lowest BCUT2D eigenvalue weighted by atomic mass is 10.0. The summed E-state index contributed by atoms with van der Waals surface area (Å²) >= 11 is 3.25. The summed E-state index contributed by atoms with van der Waals surface area (Å²) in [5, 5.41) is -0.105. The Morgan fingerprint density at radius 2 is 1.76 bits per heavy atom. The molecule has 33 heavy (non-hydrogen) atoms. The Balaban J connectivity index is 1.85. The second-order valence-electron chi connectivity index (χ2n) is 6.89. The van der Waals surface area contributed by atoms with Gasteiger partial charge in [-0.25, -0.2) is 4.79 Å². The predicted octanol–water partition coefficient (Wildman–Crippen LogP) is 6.47. The van der Waals surface area contributed by atoms with Crippen LogP contribution in [0.5, 0.6) is 11.5 Å². The van der Waals surface area contributed by atoms with Gasteiger partial charge in [-0.1, -0.05) is 40.2 Å². The molecule has 0 saturated heterocycles. The third-order valence-corrected chi connectivity index (χ3v) is 5.26. The molecule has 9 heteroatoms. The number of fused-ring (bicyclic) bond motifs is 1. The van der Waals surface area contributed by atoms with Crippen molar-refractivity contribution in [1.29, 1.82) is 0 Å². The molecule has 0 unspecified atom stereocenters. The molecular weight excluding hydrogens is 505 g/mol. The van der Waals surface area contributed by atoms with Gasteiger partial charge in [0.1, 0.15) is 17.1 Å². The Hall–Kier alpha value is -3.59. The van der Waals surface area contributed by atoms with Crippen molar-refractivity contribution in [3.05, 3.63) is 92.7 Å². The van der Waals surface area contributed by atoms with Crippen LogP contribution in [0, 0.1) is 0 Å². The van der Waals surface area contributed by atoms with E-state index < -0.39 is 28.9 Å². The molecule has 0 atom stereocenters. The number of rotatable bonds is 4. The minimum atomic E-state index is -4.97. The van der Waals surface area contributed by atoms with E-state index in [2.05, 4.69) is 15.9 Å². The number of ether oxygens (including phenoxy) is 2. The van der Waals surface area contributed by atoms with Gasteiger partial charge in [0.2, 0.25) is 11.2 Å². The molecule has 0 N–H and O–H groups in total. The van der Waals surface area contributed by atoms with E-state index in [1.165, 1.54) is 49.6 Å².